The van der Waals surface area contributed by atoms with Crippen LogP contribution in [0.5, 0.6) is 0 Å². The predicted octanol–water partition coefficient (Wildman–Crippen LogP) is 13.1. The molecule has 4 aliphatic rings. The summed E-state index contributed by atoms with van der Waals surface area (Å²) in [5, 5.41) is -0.368. The van der Waals surface area contributed by atoms with E-state index in [4.69, 9.17) is 16.4 Å². The van der Waals surface area contributed by atoms with Crippen molar-refractivity contribution in [1.29, 1.82) is 0 Å². The number of rotatable bonds is 5. The van der Waals surface area contributed by atoms with Crippen molar-refractivity contribution in [3.05, 3.63) is 130 Å². The SMILES string of the molecule is [2H]C1(c2ccc3c(c2)Sc2c(ccc(C4([2H])CCCC4)c2-c2cccc([Si](c4cccc5c4Sc4ccccc4C5(C([2H])([2H])[2H])C([2H])([2H])[2H])(C([2H])([2H])[2H])C([2H])([2H])[2H])c2)C3(C([2H])([2H])[2H])C([2H])([2H])[2H])CCCC1. The van der Waals surface area contributed by atoms with Crippen molar-refractivity contribution in [3.8, 4) is 11.1 Å². The molecule has 0 spiro atoms. The van der Waals surface area contributed by atoms with Gasteiger partial charge in [0, 0.05) is 57.8 Å². The van der Waals surface area contributed by atoms with Crippen LogP contribution >= 0.6 is 23.5 Å². The van der Waals surface area contributed by atoms with E-state index in [1.54, 1.807) is 30.3 Å². The minimum Gasteiger partial charge on any atom is -0.0896 e. The third-order valence-corrected chi connectivity index (χ3v) is 16.3. The smallest absolute Gasteiger partial charge is 0.0896 e. The maximum Gasteiger partial charge on any atom is 0.113 e. The fourth-order valence-corrected chi connectivity index (χ4v) is 13.6. The summed E-state index contributed by atoms with van der Waals surface area (Å²) in [7, 11) is -5.42. The van der Waals surface area contributed by atoms with E-state index in [1.165, 1.54) is 66.7 Å². The van der Waals surface area contributed by atoms with Gasteiger partial charge in [-0.15, -0.1) is 0 Å². The Morgan fingerprint density at radius 2 is 1.25 bits per heavy atom. The quantitative estimate of drug-likeness (QED) is 0.165. The van der Waals surface area contributed by atoms with E-state index in [2.05, 4.69) is 0 Å². The molecule has 0 bridgehead atoms. The van der Waals surface area contributed by atoms with E-state index in [0.717, 1.165) is 36.4 Å². The molecule has 2 fully saturated rings. The number of hydrogen-bond acceptors (Lipinski definition) is 2. The molecule has 2 saturated carbocycles. The minimum absolute atomic E-state index is 0.0261. The Bertz CT molecular complexity index is 2870. The third-order valence-electron chi connectivity index (χ3n) is 11.3. The Morgan fingerprint density at radius 1 is 0.608 bits per heavy atom. The Morgan fingerprint density at radius 3 is 2.02 bits per heavy atom. The highest BCUT2D eigenvalue weighted by Gasteiger charge is 2.40. The highest BCUT2D eigenvalue weighted by atomic mass is 32.2. The van der Waals surface area contributed by atoms with Gasteiger partial charge in [0.2, 0.25) is 0 Å². The topological polar surface area (TPSA) is 0 Å². The van der Waals surface area contributed by atoms with E-state index in [1.807, 2.05) is 0 Å². The normalized spacial score (nSPS) is 27.8. The lowest BCUT2D eigenvalue weighted by Gasteiger charge is -2.38. The molecule has 0 amide bonds. The van der Waals surface area contributed by atoms with Crippen molar-refractivity contribution < 1.29 is 27.4 Å². The summed E-state index contributed by atoms with van der Waals surface area (Å²) < 4.78 is 184. The molecule has 2 aliphatic carbocycles. The van der Waals surface area contributed by atoms with Crippen LogP contribution in [0.1, 0.15) is 151 Å². The van der Waals surface area contributed by atoms with E-state index >= 15 is 0 Å². The van der Waals surface area contributed by atoms with Crippen molar-refractivity contribution in [3.63, 3.8) is 0 Å². The van der Waals surface area contributed by atoms with Gasteiger partial charge in [-0.25, -0.2) is 0 Å². The zero-order chi connectivity index (χ0) is 52.0. The molecule has 0 nitrogen and oxygen atoms in total. The van der Waals surface area contributed by atoms with Crippen molar-refractivity contribution in [2.24, 2.45) is 0 Å². The highest BCUT2D eigenvalue weighted by Crippen LogP contribution is 2.56. The molecule has 2 aliphatic heterocycles. The number of fused-ring (bicyclic) bond motifs is 4. The summed E-state index contributed by atoms with van der Waals surface area (Å²) in [6, 6.07) is 24.1. The van der Waals surface area contributed by atoms with Crippen LogP contribution in [0.4, 0.5) is 0 Å². The van der Waals surface area contributed by atoms with Crippen LogP contribution in [0.25, 0.3) is 11.1 Å². The van der Waals surface area contributed by atoms with Gasteiger partial charge in [0.05, 0.1) is 0 Å². The third kappa shape index (κ3) is 5.47. The zero-order valence-electron chi connectivity index (χ0n) is 48.2. The highest BCUT2D eigenvalue weighted by molar-refractivity contribution is 8.00. The zero-order valence-corrected chi connectivity index (χ0v) is 30.8. The van der Waals surface area contributed by atoms with Gasteiger partial charge in [0.25, 0.3) is 0 Å². The summed E-state index contributed by atoms with van der Waals surface area (Å²) in [5.74, 6) is -2.27. The standard InChI is InChI=1S/C48H52S2Si/c1-47(2)37-21-11-12-23-41(37)49-45-39(47)22-14-24-43(45)51(5,6)35-20-13-19-34(29-35)44-36(32-17-9-10-18-32)26-28-40-46(44)50-42-30-33(31-15-7-8-16-31)25-27-38(42)48(40,3)4/h11-14,19-32H,7-10,15-18H2,1-6H3/i1D3,2D3,3D3,4D3,5D3,6D3,31D,32D. The Hall–Kier alpha value is -2.98. The molecule has 5 aromatic carbocycles. The minimum atomic E-state index is -5.42. The van der Waals surface area contributed by atoms with Crippen molar-refractivity contribution in [2.45, 2.75) is 134 Å². The molecule has 0 atom stereocenters. The molecule has 9 rings (SSSR count). The molecular formula is C48H52S2Si. The van der Waals surface area contributed by atoms with Gasteiger partial charge in [-0.2, -0.15) is 0 Å². The second-order valence-corrected chi connectivity index (χ2v) is 19.1. The second kappa shape index (κ2) is 12.6. The van der Waals surface area contributed by atoms with Crippen LogP contribution in [0.3, 0.4) is 0 Å². The Balaban J connectivity index is 1.39. The van der Waals surface area contributed by atoms with Crippen LogP contribution in [-0.2, 0) is 10.8 Å². The largest absolute Gasteiger partial charge is 0.113 e. The van der Waals surface area contributed by atoms with Gasteiger partial charge in [-0.05, 0) is 99.3 Å². The average Bonchev–Trinajstić information content (AvgIpc) is 3.91. The lowest BCUT2D eigenvalue weighted by molar-refractivity contribution is 0.603. The van der Waals surface area contributed by atoms with Crippen LogP contribution in [-0.4, -0.2) is 8.07 Å². The second-order valence-electron chi connectivity index (χ2n) is 14.4. The molecule has 0 N–H and O–H groups in total. The summed E-state index contributed by atoms with van der Waals surface area (Å²) in [6.07, 6.45) is 4.89. The van der Waals surface area contributed by atoms with E-state index in [9.17, 15) is 11.0 Å². The van der Waals surface area contributed by atoms with Gasteiger partial charge in [0.15, 0.2) is 0 Å². The van der Waals surface area contributed by atoms with E-state index < -0.39 is 71.0 Å². The van der Waals surface area contributed by atoms with Crippen molar-refractivity contribution in [1.82, 2.24) is 0 Å². The van der Waals surface area contributed by atoms with Crippen LogP contribution in [0, 0.1) is 0 Å². The molecule has 2 heterocycles. The number of benzene rings is 5. The number of hydrogen-bond donors (Lipinski definition) is 0. The Kier molecular flexibility index (Phi) is 4.53. The van der Waals surface area contributed by atoms with Crippen molar-refractivity contribution in [2.75, 3.05) is 0 Å². The molecular weight excluding hydrogens is 669 g/mol. The van der Waals surface area contributed by atoms with Crippen LogP contribution < -0.4 is 10.4 Å². The first-order valence-corrected chi connectivity index (χ1v) is 21.4. The molecule has 0 aromatic heterocycles. The summed E-state index contributed by atoms with van der Waals surface area (Å²) in [4.78, 5) is 0.644. The average molecular weight is 741 g/mol. The lowest BCUT2D eigenvalue weighted by atomic mass is 9.75. The molecule has 260 valence electrons. The maximum absolute atomic E-state index is 9.98. The summed E-state index contributed by atoms with van der Waals surface area (Å²) in [6.45, 7) is -19.6. The van der Waals surface area contributed by atoms with E-state index in [-0.39, 0.29) is 58.4 Å². The van der Waals surface area contributed by atoms with Crippen LogP contribution in [0.15, 0.2) is 117 Å². The monoisotopic (exact) mass is 740 g/mol. The first-order valence-electron chi connectivity index (χ1n) is 27.8. The molecule has 5 aromatic rings. The first-order chi connectivity index (χ1) is 32.7. The molecule has 0 unspecified atom stereocenters. The fraction of sp³-hybridized carbons (Fsp3) is 0.375. The maximum atomic E-state index is 9.98. The van der Waals surface area contributed by atoms with Gasteiger partial charge >= 0.3 is 0 Å². The Labute approximate surface area is 344 Å². The summed E-state index contributed by atoms with van der Waals surface area (Å²) in [5.41, 5.74) is -4.09. The van der Waals surface area contributed by atoms with Gasteiger partial charge in [-0.1, -0.05) is 180 Å². The molecule has 0 saturated heterocycles. The van der Waals surface area contributed by atoms with Gasteiger partial charge in [0.1, 0.15) is 8.07 Å². The summed E-state index contributed by atoms with van der Waals surface area (Å²) >= 11 is 2.06. The van der Waals surface area contributed by atoms with E-state index in [0.29, 0.717) is 54.5 Å². The lowest BCUT2D eigenvalue weighted by Crippen LogP contribution is -2.54. The molecule has 51 heavy (non-hydrogen) atoms. The molecule has 0 radical (unpaired) electrons. The van der Waals surface area contributed by atoms with Gasteiger partial charge < -0.3 is 0 Å². The molecule has 3 heteroatoms. The predicted molar refractivity (Wildman–Crippen MR) is 223 cm³/mol. The first kappa shape index (κ1) is 18.4. The van der Waals surface area contributed by atoms with Crippen molar-refractivity contribution >= 4 is 42.0 Å². The van der Waals surface area contributed by atoms with Crippen LogP contribution in [0.2, 0.25) is 13.0 Å². The fourth-order valence-electron chi connectivity index (χ4n) is 8.54. The van der Waals surface area contributed by atoms with Gasteiger partial charge in [-0.3, -0.25) is 0 Å².